The Morgan fingerprint density at radius 3 is 2.68 bits per heavy atom. The van der Waals surface area contributed by atoms with E-state index in [4.69, 9.17) is 0 Å². The molecule has 8 nitrogen and oxygen atoms in total. The van der Waals surface area contributed by atoms with Gasteiger partial charge in [0.15, 0.2) is 5.65 Å². The number of nitrogens with one attached hydrogen (secondary N) is 1. The summed E-state index contributed by atoms with van der Waals surface area (Å²) in [5, 5.41) is 6.99. The molecule has 2 heterocycles. The molecular weight excluding hydrogens is 408 g/mol. The standard InChI is InChI=1S/C21H17F2N5O3/c1-13-6-2-4-8-16(13)28-19-14(10-25-28)20(30)27(12-24-19)11-18(29)26-15-7-3-5-9-17(15)31-21(22)23/h2-10,12,21H,11H2,1H3,(H,26,29). The highest BCUT2D eigenvalue weighted by atomic mass is 19.3. The molecule has 1 amide bonds. The van der Waals surface area contributed by atoms with E-state index < -0.39 is 18.1 Å². The lowest BCUT2D eigenvalue weighted by Crippen LogP contribution is -2.28. The SMILES string of the molecule is Cc1ccccc1-n1ncc2c(=O)n(CC(=O)Nc3ccccc3OC(F)F)cnc21. The third-order valence-electron chi connectivity index (χ3n) is 4.59. The van der Waals surface area contributed by atoms with Gasteiger partial charge in [0.2, 0.25) is 5.91 Å². The molecule has 2 aromatic heterocycles. The maximum Gasteiger partial charge on any atom is 0.387 e. The fourth-order valence-electron chi connectivity index (χ4n) is 3.15. The van der Waals surface area contributed by atoms with E-state index >= 15 is 0 Å². The second-order valence-electron chi connectivity index (χ2n) is 6.68. The number of nitrogens with zero attached hydrogens (tertiary/aromatic N) is 4. The van der Waals surface area contributed by atoms with Gasteiger partial charge < -0.3 is 10.1 Å². The Kier molecular flexibility index (Phi) is 5.44. The molecule has 0 bridgehead atoms. The largest absolute Gasteiger partial charge is 0.433 e. The van der Waals surface area contributed by atoms with Crippen LogP contribution < -0.4 is 15.6 Å². The van der Waals surface area contributed by atoms with E-state index in [0.717, 1.165) is 15.8 Å². The van der Waals surface area contributed by atoms with Crippen molar-refractivity contribution in [2.45, 2.75) is 20.1 Å². The number of rotatable bonds is 6. The number of fused-ring (bicyclic) bond motifs is 1. The van der Waals surface area contributed by atoms with Crippen LogP contribution in [0.25, 0.3) is 16.7 Å². The smallest absolute Gasteiger partial charge is 0.387 e. The molecular formula is C21H17F2N5O3. The van der Waals surface area contributed by atoms with Gasteiger partial charge in [-0.1, -0.05) is 30.3 Å². The van der Waals surface area contributed by atoms with Crippen molar-refractivity contribution in [3.8, 4) is 11.4 Å². The Balaban J connectivity index is 1.59. The molecule has 31 heavy (non-hydrogen) atoms. The van der Waals surface area contributed by atoms with E-state index in [-0.39, 0.29) is 23.4 Å². The van der Waals surface area contributed by atoms with Crippen LogP contribution in [-0.4, -0.2) is 31.9 Å². The highest BCUT2D eigenvalue weighted by Gasteiger charge is 2.16. The first-order chi connectivity index (χ1) is 14.9. The third-order valence-corrected chi connectivity index (χ3v) is 4.59. The van der Waals surface area contributed by atoms with E-state index in [0.29, 0.717) is 5.65 Å². The Bertz CT molecular complexity index is 1320. The number of anilines is 1. The first kappa shape index (κ1) is 20.2. The Morgan fingerprint density at radius 1 is 1.16 bits per heavy atom. The summed E-state index contributed by atoms with van der Waals surface area (Å²) in [5.74, 6) is -0.772. The number of hydrogen-bond donors (Lipinski definition) is 1. The number of para-hydroxylation sites is 3. The average molecular weight is 425 g/mol. The predicted molar refractivity (Wildman–Crippen MR) is 110 cm³/mol. The van der Waals surface area contributed by atoms with Crippen LogP contribution in [0, 0.1) is 6.92 Å². The molecule has 10 heteroatoms. The lowest BCUT2D eigenvalue weighted by molar-refractivity contribution is -0.116. The van der Waals surface area contributed by atoms with Crippen LogP contribution in [0.5, 0.6) is 5.75 Å². The summed E-state index contributed by atoms with van der Waals surface area (Å²) in [5.41, 5.74) is 1.74. The van der Waals surface area contributed by atoms with Crippen LogP contribution in [0.15, 0.2) is 65.8 Å². The fourth-order valence-corrected chi connectivity index (χ4v) is 3.15. The van der Waals surface area contributed by atoms with E-state index in [1.807, 2.05) is 31.2 Å². The number of aromatic nitrogens is 4. The second-order valence-corrected chi connectivity index (χ2v) is 6.68. The summed E-state index contributed by atoms with van der Waals surface area (Å²) in [6.07, 6.45) is 2.65. The number of carbonyl (C=O) groups is 1. The zero-order chi connectivity index (χ0) is 22.0. The number of carbonyl (C=O) groups excluding carboxylic acids is 1. The number of amides is 1. The van der Waals surface area contributed by atoms with Gasteiger partial charge in [0.1, 0.15) is 24.0 Å². The first-order valence-corrected chi connectivity index (χ1v) is 9.27. The first-order valence-electron chi connectivity index (χ1n) is 9.27. The van der Waals surface area contributed by atoms with Crippen LogP contribution in [0.4, 0.5) is 14.5 Å². The molecule has 0 aliphatic rings. The summed E-state index contributed by atoms with van der Waals surface area (Å²) in [7, 11) is 0. The predicted octanol–water partition coefficient (Wildman–Crippen LogP) is 3.13. The molecule has 2 aromatic carbocycles. The van der Waals surface area contributed by atoms with Gasteiger partial charge >= 0.3 is 6.61 Å². The number of benzene rings is 2. The minimum atomic E-state index is -3.03. The fraction of sp³-hybridized carbons (Fsp3) is 0.143. The van der Waals surface area contributed by atoms with E-state index in [1.165, 1.54) is 30.7 Å². The molecule has 0 aliphatic carbocycles. The van der Waals surface area contributed by atoms with Crippen molar-refractivity contribution >= 4 is 22.6 Å². The van der Waals surface area contributed by atoms with Crippen molar-refractivity contribution in [1.29, 1.82) is 0 Å². The van der Waals surface area contributed by atoms with Gasteiger partial charge in [0.25, 0.3) is 5.56 Å². The number of hydrogen-bond acceptors (Lipinski definition) is 5. The summed E-state index contributed by atoms with van der Waals surface area (Å²) in [6, 6.07) is 13.3. The van der Waals surface area contributed by atoms with Crippen LogP contribution in [0.3, 0.4) is 0 Å². The topological polar surface area (TPSA) is 91.0 Å². The van der Waals surface area contributed by atoms with Crippen LogP contribution in [0.1, 0.15) is 5.56 Å². The molecule has 4 aromatic rings. The Labute approximate surface area is 174 Å². The highest BCUT2D eigenvalue weighted by Crippen LogP contribution is 2.25. The van der Waals surface area contributed by atoms with Crippen molar-refractivity contribution in [3.05, 3.63) is 77.0 Å². The zero-order valence-electron chi connectivity index (χ0n) is 16.3. The highest BCUT2D eigenvalue weighted by molar-refractivity contribution is 5.92. The third kappa shape index (κ3) is 4.13. The Hall–Kier alpha value is -4.08. The lowest BCUT2D eigenvalue weighted by Gasteiger charge is -2.12. The summed E-state index contributed by atoms with van der Waals surface area (Å²) in [4.78, 5) is 29.5. The van der Waals surface area contributed by atoms with Gasteiger partial charge in [0, 0.05) is 0 Å². The minimum Gasteiger partial charge on any atom is -0.433 e. The molecule has 0 spiro atoms. The second kappa shape index (κ2) is 8.34. The molecule has 0 saturated carbocycles. The van der Waals surface area contributed by atoms with Crippen molar-refractivity contribution in [2.24, 2.45) is 0 Å². The summed E-state index contributed by atoms with van der Waals surface area (Å²) in [6.45, 7) is -1.47. The van der Waals surface area contributed by atoms with Crippen molar-refractivity contribution < 1.29 is 18.3 Å². The molecule has 1 N–H and O–H groups in total. The van der Waals surface area contributed by atoms with Crippen LogP contribution in [0.2, 0.25) is 0 Å². The van der Waals surface area contributed by atoms with Crippen LogP contribution in [-0.2, 0) is 11.3 Å². The number of aryl methyl sites for hydroxylation is 1. The molecule has 0 aliphatic heterocycles. The van der Waals surface area contributed by atoms with E-state index in [9.17, 15) is 18.4 Å². The van der Waals surface area contributed by atoms with Gasteiger partial charge in [-0.2, -0.15) is 13.9 Å². The number of ether oxygens (including phenoxy) is 1. The minimum absolute atomic E-state index is 0.0715. The van der Waals surface area contributed by atoms with E-state index in [1.54, 1.807) is 10.7 Å². The maximum atomic E-state index is 12.8. The zero-order valence-corrected chi connectivity index (χ0v) is 16.3. The monoisotopic (exact) mass is 425 g/mol. The summed E-state index contributed by atoms with van der Waals surface area (Å²) >= 11 is 0. The lowest BCUT2D eigenvalue weighted by atomic mass is 10.2. The van der Waals surface area contributed by atoms with Gasteiger partial charge in [-0.25, -0.2) is 9.67 Å². The van der Waals surface area contributed by atoms with Crippen LogP contribution >= 0.6 is 0 Å². The Morgan fingerprint density at radius 2 is 1.90 bits per heavy atom. The molecule has 0 radical (unpaired) electrons. The summed E-state index contributed by atoms with van der Waals surface area (Å²) < 4.78 is 32.2. The maximum absolute atomic E-state index is 12.8. The van der Waals surface area contributed by atoms with Crippen molar-refractivity contribution in [2.75, 3.05) is 5.32 Å². The van der Waals surface area contributed by atoms with Gasteiger partial charge in [0.05, 0.1) is 17.6 Å². The molecule has 158 valence electrons. The molecule has 4 rings (SSSR count). The molecule has 0 fully saturated rings. The molecule has 0 saturated heterocycles. The number of halogens is 2. The normalized spacial score (nSPS) is 11.1. The molecule has 0 unspecified atom stereocenters. The molecule has 0 atom stereocenters. The van der Waals surface area contributed by atoms with Gasteiger partial charge in [-0.3, -0.25) is 14.2 Å². The van der Waals surface area contributed by atoms with Crippen molar-refractivity contribution in [3.63, 3.8) is 0 Å². The average Bonchev–Trinajstić information content (AvgIpc) is 3.16. The number of alkyl halides is 2. The van der Waals surface area contributed by atoms with E-state index in [2.05, 4.69) is 20.1 Å². The quantitative estimate of drug-likeness (QED) is 0.513. The van der Waals surface area contributed by atoms with Gasteiger partial charge in [-0.15, -0.1) is 0 Å². The van der Waals surface area contributed by atoms with Gasteiger partial charge in [-0.05, 0) is 30.7 Å². The van der Waals surface area contributed by atoms with Crippen molar-refractivity contribution in [1.82, 2.24) is 19.3 Å².